The van der Waals surface area contributed by atoms with E-state index in [2.05, 4.69) is 189 Å². The number of benzene rings is 7. The number of nitrogens with zero attached hydrogens (tertiary/aromatic N) is 1. The Balaban J connectivity index is 0.919. The van der Waals surface area contributed by atoms with Crippen molar-refractivity contribution in [3.8, 4) is 11.1 Å². The lowest BCUT2D eigenvalue weighted by atomic mass is 9.63. The molecule has 2 unspecified atom stereocenters. The second kappa shape index (κ2) is 11.4. The van der Waals surface area contributed by atoms with Gasteiger partial charge in [0.1, 0.15) is 0 Å². The van der Waals surface area contributed by atoms with Gasteiger partial charge in [-0.1, -0.05) is 183 Å². The van der Waals surface area contributed by atoms with E-state index in [1.54, 1.807) is 0 Å². The van der Waals surface area contributed by atoms with Gasteiger partial charge in [0.2, 0.25) is 0 Å². The Morgan fingerprint density at radius 1 is 0.554 bits per heavy atom. The van der Waals surface area contributed by atoms with Crippen molar-refractivity contribution in [3.05, 3.63) is 233 Å². The van der Waals surface area contributed by atoms with Gasteiger partial charge in [-0.05, 0) is 107 Å². The third-order valence-electron chi connectivity index (χ3n) is 13.4. The van der Waals surface area contributed by atoms with E-state index in [9.17, 15) is 0 Å². The van der Waals surface area contributed by atoms with Crippen molar-refractivity contribution in [2.75, 3.05) is 0 Å². The normalized spacial score (nSPS) is 21.6. The second-order valence-electron chi connectivity index (χ2n) is 16.1. The van der Waals surface area contributed by atoms with Crippen molar-refractivity contribution < 1.29 is 0 Å². The second-order valence-corrected chi connectivity index (χ2v) is 16.1. The van der Waals surface area contributed by atoms with Gasteiger partial charge in [-0.2, -0.15) is 0 Å². The van der Waals surface area contributed by atoms with Gasteiger partial charge in [0, 0.05) is 22.0 Å². The van der Waals surface area contributed by atoms with Crippen molar-refractivity contribution in [3.63, 3.8) is 0 Å². The highest BCUT2D eigenvalue weighted by atomic mass is 14.8. The standard InChI is InChI=1S/C55H37N/c1-34-7-3-4-12-50(34)56-53(35(2)36-13-15-37(16-14-36)46-29-23-41-20-19-39-8-5-9-40-24-30-48(46)52(41)51(39)40)42-21-17-38(18-22-42)47-31-27-45-26-25-43-10-6-11-44-28-32-49(47)55(45)33-54(43,44)55/h3-32H,2,33H2,1H3. The third kappa shape index (κ3) is 4.18. The molecule has 5 aliphatic carbocycles. The lowest BCUT2D eigenvalue weighted by molar-refractivity contribution is 0.566. The van der Waals surface area contributed by atoms with Crippen LogP contribution in [0.15, 0.2) is 216 Å². The summed E-state index contributed by atoms with van der Waals surface area (Å²) >= 11 is 0. The summed E-state index contributed by atoms with van der Waals surface area (Å²) in [7, 11) is 0. The minimum absolute atomic E-state index is 0.0423. The van der Waals surface area contributed by atoms with Crippen molar-refractivity contribution in [1.29, 1.82) is 0 Å². The van der Waals surface area contributed by atoms with Crippen molar-refractivity contribution >= 4 is 54.9 Å². The molecule has 0 aromatic heterocycles. The molecule has 0 N–H and O–H groups in total. The molecular formula is C55H37N. The van der Waals surface area contributed by atoms with Gasteiger partial charge in [-0.3, -0.25) is 0 Å². The molecule has 0 bridgehead atoms. The van der Waals surface area contributed by atoms with E-state index < -0.39 is 0 Å². The van der Waals surface area contributed by atoms with Crippen LogP contribution in [0.25, 0.3) is 54.6 Å². The summed E-state index contributed by atoms with van der Waals surface area (Å²) in [5, 5.41) is 7.81. The monoisotopic (exact) mass is 711 g/mol. The first-order valence-corrected chi connectivity index (χ1v) is 19.7. The lowest BCUT2D eigenvalue weighted by Crippen LogP contribution is -2.29. The van der Waals surface area contributed by atoms with E-state index in [4.69, 9.17) is 11.6 Å². The number of allylic oxidation sites excluding steroid dienone is 15. The van der Waals surface area contributed by atoms with E-state index in [-0.39, 0.29) is 10.8 Å². The Hall–Kier alpha value is -6.83. The number of aryl methyl sites for hydroxylation is 1. The van der Waals surface area contributed by atoms with Gasteiger partial charge >= 0.3 is 0 Å². The molecule has 2 atom stereocenters. The van der Waals surface area contributed by atoms with Crippen molar-refractivity contribution in [2.24, 2.45) is 15.8 Å². The van der Waals surface area contributed by atoms with E-state index in [0.29, 0.717) is 0 Å². The predicted molar refractivity (Wildman–Crippen MR) is 237 cm³/mol. The number of rotatable bonds is 6. The van der Waals surface area contributed by atoms with Gasteiger partial charge in [0.05, 0.1) is 11.4 Å². The molecule has 1 fully saturated rings. The van der Waals surface area contributed by atoms with Crippen LogP contribution in [-0.2, 0) is 0 Å². The molecule has 1 nitrogen and oxygen atoms in total. The maximum Gasteiger partial charge on any atom is 0.0781 e. The molecule has 2 spiro atoms. The Labute approximate surface area is 327 Å². The minimum Gasteiger partial charge on any atom is -0.248 e. The fourth-order valence-corrected chi connectivity index (χ4v) is 10.5. The fourth-order valence-electron chi connectivity index (χ4n) is 10.5. The summed E-state index contributed by atoms with van der Waals surface area (Å²) in [6.45, 7) is 6.81. The van der Waals surface area contributed by atoms with Gasteiger partial charge in [-0.15, -0.1) is 0 Å². The molecule has 12 rings (SSSR count). The van der Waals surface area contributed by atoms with Crippen LogP contribution in [0.3, 0.4) is 0 Å². The van der Waals surface area contributed by atoms with Crippen LogP contribution in [0.5, 0.6) is 0 Å². The molecule has 1 saturated carbocycles. The highest BCUT2D eigenvalue weighted by Gasteiger charge is 2.75. The Morgan fingerprint density at radius 2 is 1.21 bits per heavy atom. The number of aliphatic imine (C=N–C) groups is 1. The molecule has 0 amide bonds. The average molecular weight is 712 g/mol. The fraction of sp³-hybridized carbons (Fsp3) is 0.0727. The van der Waals surface area contributed by atoms with E-state index in [1.165, 1.54) is 76.9 Å². The number of para-hydroxylation sites is 1. The van der Waals surface area contributed by atoms with Gasteiger partial charge < -0.3 is 0 Å². The lowest BCUT2D eigenvalue weighted by Gasteiger charge is -2.39. The first-order valence-electron chi connectivity index (χ1n) is 19.7. The molecule has 0 saturated heterocycles. The molecule has 0 heterocycles. The highest BCUT2D eigenvalue weighted by molar-refractivity contribution is 6.32. The zero-order valence-electron chi connectivity index (χ0n) is 31.2. The summed E-state index contributed by atoms with van der Waals surface area (Å²) in [5.74, 6) is 0. The smallest absolute Gasteiger partial charge is 0.0781 e. The molecule has 56 heavy (non-hydrogen) atoms. The highest BCUT2D eigenvalue weighted by Crippen LogP contribution is 2.82. The average Bonchev–Trinajstić information content (AvgIpc) is 3.97. The van der Waals surface area contributed by atoms with Crippen LogP contribution in [0.1, 0.15) is 28.7 Å². The molecule has 7 aromatic carbocycles. The summed E-state index contributed by atoms with van der Waals surface area (Å²) < 4.78 is 0. The van der Waals surface area contributed by atoms with E-state index >= 15 is 0 Å². The zero-order valence-corrected chi connectivity index (χ0v) is 31.2. The number of hydrogen-bond donors (Lipinski definition) is 0. The Kier molecular flexibility index (Phi) is 6.39. The van der Waals surface area contributed by atoms with Gasteiger partial charge in [0.25, 0.3) is 0 Å². The van der Waals surface area contributed by atoms with Crippen LogP contribution in [0.4, 0.5) is 5.69 Å². The van der Waals surface area contributed by atoms with Crippen molar-refractivity contribution in [2.45, 2.75) is 13.3 Å². The molecular weight excluding hydrogens is 675 g/mol. The van der Waals surface area contributed by atoms with Crippen LogP contribution in [0.2, 0.25) is 0 Å². The third-order valence-corrected chi connectivity index (χ3v) is 13.4. The first-order chi connectivity index (χ1) is 27.5. The molecule has 1 heteroatoms. The summed E-state index contributed by atoms with van der Waals surface area (Å²) in [6.07, 6.45) is 22.1. The van der Waals surface area contributed by atoms with Crippen LogP contribution in [-0.4, -0.2) is 5.71 Å². The van der Waals surface area contributed by atoms with E-state index in [0.717, 1.165) is 40.1 Å². The van der Waals surface area contributed by atoms with Gasteiger partial charge in [0.15, 0.2) is 0 Å². The SMILES string of the molecule is C=C(C(=Nc1ccccc1C)c1ccc(C2=C3C=CC4=CC=CC5=CC=C(C=C2)C32CC452)cc1)c1ccc(-c2ccc3ccc4cccc5ccc2c3c45)cc1. The molecule has 7 aromatic rings. The quantitative estimate of drug-likeness (QED) is 0.120. The van der Waals surface area contributed by atoms with Crippen molar-refractivity contribution in [1.82, 2.24) is 0 Å². The van der Waals surface area contributed by atoms with Gasteiger partial charge in [-0.25, -0.2) is 4.99 Å². The molecule has 0 radical (unpaired) electrons. The topological polar surface area (TPSA) is 12.4 Å². The Bertz CT molecular complexity index is 3130. The maximum atomic E-state index is 5.32. The maximum absolute atomic E-state index is 5.32. The molecule has 0 aliphatic heterocycles. The number of hydrogen-bond acceptors (Lipinski definition) is 1. The summed E-state index contributed by atoms with van der Waals surface area (Å²) in [4.78, 5) is 5.32. The largest absolute Gasteiger partial charge is 0.248 e. The zero-order chi connectivity index (χ0) is 37.2. The van der Waals surface area contributed by atoms with Crippen LogP contribution >= 0.6 is 0 Å². The predicted octanol–water partition coefficient (Wildman–Crippen LogP) is 14.0. The first kappa shape index (κ1) is 31.5. The van der Waals surface area contributed by atoms with Crippen LogP contribution < -0.4 is 0 Å². The summed E-state index contributed by atoms with van der Waals surface area (Å²) in [5.41, 5.74) is 16.9. The van der Waals surface area contributed by atoms with E-state index in [1.807, 2.05) is 0 Å². The summed E-state index contributed by atoms with van der Waals surface area (Å²) in [6, 6.07) is 46.4. The minimum atomic E-state index is 0.0423. The molecule has 5 aliphatic rings. The van der Waals surface area contributed by atoms with Crippen LogP contribution in [0, 0.1) is 17.8 Å². The Morgan fingerprint density at radius 3 is 2.02 bits per heavy atom. The molecule has 262 valence electrons.